The van der Waals surface area contributed by atoms with Gasteiger partial charge in [-0.2, -0.15) is 0 Å². The summed E-state index contributed by atoms with van der Waals surface area (Å²) in [5, 5.41) is 14.1. The molecular weight excluding hydrogens is 268 g/mol. The number of hydrogen-bond donors (Lipinski definition) is 3. The second-order valence-corrected chi connectivity index (χ2v) is 5.37. The molecule has 0 aliphatic heterocycles. The second-order valence-electron chi connectivity index (χ2n) is 5.37. The molecule has 1 unspecified atom stereocenters. The molecular formula is C16H24N2O3. The van der Waals surface area contributed by atoms with Crippen LogP contribution in [0.4, 0.5) is 0 Å². The molecule has 0 spiro atoms. The number of nitrogens with one attached hydrogen (secondary N) is 2. The first-order valence-corrected chi connectivity index (χ1v) is 7.24. The molecule has 0 aromatic heterocycles. The quantitative estimate of drug-likeness (QED) is 0.682. The number of amides is 1. The molecule has 0 saturated carbocycles. The Morgan fingerprint density at radius 2 is 1.76 bits per heavy atom. The van der Waals surface area contributed by atoms with Crippen LogP contribution in [0.5, 0.6) is 0 Å². The average Bonchev–Trinajstić information content (AvgIpc) is 2.45. The van der Waals surface area contributed by atoms with Crippen molar-refractivity contribution in [3.8, 4) is 0 Å². The maximum atomic E-state index is 11.6. The van der Waals surface area contributed by atoms with E-state index in [4.69, 9.17) is 5.11 Å². The summed E-state index contributed by atoms with van der Waals surface area (Å²) in [4.78, 5) is 22.0. The number of aryl methyl sites for hydroxylation is 1. The number of hydrogen-bond acceptors (Lipinski definition) is 3. The normalized spacial score (nSPS) is 12.2. The maximum Gasteiger partial charge on any atom is 0.322 e. The number of aliphatic carboxylic acids is 1. The summed E-state index contributed by atoms with van der Waals surface area (Å²) in [5.74, 6) is -1.03. The van der Waals surface area contributed by atoms with E-state index in [1.807, 2.05) is 0 Å². The molecule has 0 saturated heterocycles. The summed E-state index contributed by atoms with van der Waals surface area (Å²) in [6, 6.07) is 8.40. The van der Waals surface area contributed by atoms with Gasteiger partial charge in [0, 0.05) is 6.04 Å². The molecule has 3 N–H and O–H groups in total. The predicted octanol–water partition coefficient (Wildman–Crippen LogP) is 1.74. The Kier molecular flexibility index (Phi) is 6.88. The Hall–Kier alpha value is -1.88. The Morgan fingerprint density at radius 1 is 1.14 bits per heavy atom. The van der Waals surface area contributed by atoms with E-state index < -0.39 is 5.97 Å². The maximum absolute atomic E-state index is 11.6. The minimum Gasteiger partial charge on any atom is -0.480 e. The van der Waals surface area contributed by atoms with Crippen molar-refractivity contribution in [3.63, 3.8) is 0 Å². The summed E-state index contributed by atoms with van der Waals surface area (Å²) in [7, 11) is 0. The van der Waals surface area contributed by atoms with E-state index in [1.165, 1.54) is 5.56 Å². The zero-order chi connectivity index (χ0) is 15.8. The summed E-state index contributed by atoms with van der Waals surface area (Å²) in [6.07, 6.45) is 0.998. The Balaban J connectivity index is 2.61. The number of carbonyl (C=O) groups excluding carboxylic acids is 1. The molecule has 5 heteroatoms. The van der Waals surface area contributed by atoms with Gasteiger partial charge in [0.2, 0.25) is 5.91 Å². The van der Waals surface area contributed by atoms with Gasteiger partial charge in [0.05, 0.1) is 6.54 Å². The van der Waals surface area contributed by atoms with Gasteiger partial charge in [-0.15, -0.1) is 0 Å². The van der Waals surface area contributed by atoms with Gasteiger partial charge in [-0.05, 0) is 23.5 Å². The lowest BCUT2D eigenvalue weighted by molar-refractivity contribution is -0.137. The van der Waals surface area contributed by atoms with E-state index in [0.717, 1.165) is 12.0 Å². The molecule has 0 radical (unpaired) electrons. The SMILES string of the molecule is CCc1ccc(C(NCC(=O)NCC(=O)O)C(C)C)cc1. The van der Waals surface area contributed by atoms with Crippen molar-refractivity contribution in [2.24, 2.45) is 5.92 Å². The topological polar surface area (TPSA) is 78.4 Å². The summed E-state index contributed by atoms with van der Waals surface area (Å²) in [5.41, 5.74) is 2.41. The molecule has 5 nitrogen and oxygen atoms in total. The van der Waals surface area contributed by atoms with E-state index in [9.17, 15) is 9.59 Å². The van der Waals surface area contributed by atoms with Crippen molar-refractivity contribution < 1.29 is 14.7 Å². The summed E-state index contributed by atoms with van der Waals surface area (Å²) >= 11 is 0. The van der Waals surface area contributed by atoms with Gasteiger partial charge in [0.25, 0.3) is 0 Å². The van der Waals surface area contributed by atoms with E-state index in [0.29, 0.717) is 5.92 Å². The van der Waals surface area contributed by atoms with Crippen molar-refractivity contribution in [3.05, 3.63) is 35.4 Å². The standard InChI is InChI=1S/C16H24N2O3/c1-4-12-5-7-13(8-6-12)16(11(2)3)18-9-14(19)17-10-15(20)21/h5-8,11,16,18H,4,9-10H2,1-3H3,(H,17,19)(H,20,21). The first-order chi connectivity index (χ1) is 9.93. The molecule has 0 bridgehead atoms. The highest BCUT2D eigenvalue weighted by Gasteiger charge is 2.16. The molecule has 1 amide bonds. The first kappa shape index (κ1) is 17.2. The fraction of sp³-hybridized carbons (Fsp3) is 0.500. The predicted molar refractivity (Wildman–Crippen MR) is 82.0 cm³/mol. The van der Waals surface area contributed by atoms with Gasteiger partial charge in [-0.1, -0.05) is 45.0 Å². The van der Waals surface area contributed by atoms with Crippen LogP contribution in [-0.4, -0.2) is 30.1 Å². The lowest BCUT2D eigenvalue weighted by Gasteiger charge is -2.23. The molecule has 0 heterocycles. The van der Waals surface area contributed by atoms with Crippen molar-refractivity contribution in [1.82, 2.24) is 10.6 Å². The van der Waals surface area contributed by atoms with Crippen LogP contribution >= 0.6 is 0 Å². The third-order valence-corrected chi connectivity index (χ3v) is 3.33. The van der Waals surface area contributed by atoms with Gasteiger partial charge in [-0.3, -0.25) is 9.59 Å². The van der Waals surface area contributed by atoms with Gasteiger partial charge < -0.3 is 15.7 Å². The molecule has 1 aromatic carbocycles. The number of carbonyl (C=O) groups is 2. The largest absolute Gasteiger partial charge is 0.480 e. The summed E-state index contributed by atoms with van der Waals surface area (Å²) in [6.45, 7) is 6.03. The molecule has 1 rings (SSSR count). The molecule has 0 aliphatic carbocycles. The van der Waals surface area contributed by atoms with E-state index in [-0.39, 0.29) is 25.0 Å². The van der Waals surface area contributed by atoms with Crippen LogP contribution in [0.2, 0.25) is 0 Å². The van der Waals surface area contributed by atoms with Crippen LogP contribution in [0.3, 0.4) is 0 Å². The number of carboxylic acids is 1. The highest BCUT2D eigenvalue weighted by molar-refractivity contribution is 5.82. The molecule has 1 atom stereocenters. The van der Waals surface area contributed by atoms with Crippen LogP contribution in [0.1, 0.15) is 37.9 Å². The molecule has 0 aliphatic rings. The van der Waals surface area contributed by atoms with E-state index >= 15 is 0 Å². The van der Waals surface area contributed by atoms with Crippen molar-refractivity contribution in [1.29, 1.82) is 0 Å². The van der Waals surface area contributed by atoms with Crippen molar-refractivity contribution in [2.45, 2.75) is 33.2 Å². The highest BCUT2D eigenvalue weighted by Crippen LogP contribution is 2.21. The molecule has 21 heavy (non-hydrogen) atoms. The van der Waals surface area contributed by atoms with Gasteiger partial charge in [-0.25, -0.2) is 0 Å². The fourth-order valence-corrected chi connectivity index (χ4v) is 2.14. The highest BCUT2D eigenvalue weighted by atomic mass is 16.4. The molecule has 1 aromatic rings. The minimum atomic E-state index is -1.04. The zero-order valence-electron chi connectivity index (χ0n) is 12.8. The Labute approximate surface area is 125 Å². The van der Waals surface area contributed by atoms with Crippen molar-refractivity contribution >= 4 is 11.9 Å². The molecule has 0 fully saturated rings. The van der Waals surface area contributed by atoms with Crippen LogP contribution < -0.4 is 10.6 Å². The first-order valence-electron chi connectivity index (χ1n) is 7.24. The van der Waals surface area contributed by atoms with Crippen LogP contribution in [0.25, 0.3) is 0 Å². The smallest absolute Gasteiger partial charge is 0.322 e. The molecule has 116 valence electrons. The minimum absolute atomic E-state index is 0.0616. The van der Waals surface area contributed by atoms with Gasteiger partial charge in [0.15, 0.2) is 0 Å². The van der Waals surface area contributed by atoms with Crippen LogP contribution in [0.15, 0.2) is 24.3 Å². The summed E-state index contributed by atoms with van der Waals surface area (Å²) < 4.78 is 0. The van der Waals surface area contributed by atoms with E-state index in [2.05, 4.69) is 55.7 Å². The van der Waals surface area contributed by atoms with Crippen LogP contribution in [-0.2, 0) is 16.0 Å². The second kappa shape index (κ2) is 8.42. The van der Waals surface area contributed by atoms with Crippen LogP contribution in [0, 0.1) is 5.92 Å². The van der Waals surface area contributed by atoms with E-state index in [1.54, 1.807) is 0 Å². The fourth-order valence-electron chi connectivity index (χ4n) is 2.14. The van der Waals surface area contributed by atoms with Gasteiger partial charge in [0.1, 0.15) is 6.54 Å². The van der Waals surface area contributed by atoms with Gasteiger partial charge >= 0.3 is 5.97 Å². The monoisotopic (exact) mass is 292 g/mol. The number of benzene rings is 1. The zero-order valence-corrected chi connectivity index (χ0v) is 12.8. The number of carboxylic acid groups (broad SMARTS) is 1. The Morgan fingerprint density at radius 3 is 2.24 bits per heavy atom. The third kappa shape index (κ3) is 5.95. The Bertz CT molecular complexity index is 469. The third-order valence-electron chi connectivity index (χ3n) is 3.33. The van der Waals surface area contributed by atoms with Crippen molar-refractivity contribution in [2.75, 3.05) is 13.1 Å². The lowest BCUT2D eigenvalue weighted by atomic mass is 9.95. The number of rotatable bonds is 8. The lowest BCUT2D eigenvalue weighted by Crippen LogP contribution is -2.39. The average molecular weight is 292 g/mol.